The van der Waals surface area contributed by atoms with Crippen molar-refractivity contribution in [1.82, 2.24) is 4.98 Å². The molecule has 1 aromatic carbocycles. The lowest BCUT2D eigenvalue weighted by Crippen LogP contribution is -2.20. The molecule has 0 fully saturated rings. The molecule has 0 bridgehead atoms. The van der Waals surface area contributed by atoms with E-state index in [2.05, 4.69) is 10.3 Å². The molecule has 0 aliphatic rings. The van der Waals surface area contributed by atoms with Crippen LogP contribution in [0.15, 0.2) is 29.6 Å². The molecule has 1 amide bonds. The van der Waals surface area contributed by atoms with Gasteiger partial charge in [-0.2, -0.15) is 0 Å². The van der Waals surface area contributed by atoms with Gasteiger partial charge in [0, 0.05) is 11.4 Å². The molecule has 1 N–H and O–H groups in total. The molecule has 1 aromatic heterocycles. The van der Waals surface area contributed by atoms with Crippen molar-refractivity contribution in [2.75, 3.05) is 18.5 Å². The molecule has 2 rings (SSSR count). The number of esters is 1. The maximum absolute atomic E-state index is 11.8. The summed E-state index contributed by atoms with van der Waals surface area (Å²) in [6, 6.07) is 5.73. The number of nitrogens with zero attached hydrogens (tertiary/aromatic N) is 2. The van der Waals surface area contributed by atoms with Gasteiger partial charge in [-0.15, -0.1) is 11.3 Å². The molecule has 1 heterocycles. The first-order valence-corrected chi connectivity index (χ1v) is 7.68. The van der Waals surface area contributed by atoms with Gasteiger partial charge in [0.25, 0.3) is 5.91 Å². The first-order valence-electron chi connectivity index (χ1n) is 6.80. The van der Waals surface area contributed by atoms with Gasteiger partial charge in [-0.25, -0.2) is 9.78 Å². The molecule has 10 heteroatoms. The van der Waals surface area contributed by atoms with Crippen molar-refractivity contribution in [2.24, 2.45) is 0 Å². The smallest absolute Gasteiger partial charge is 0.357 e. The second kappa shape index (κ2) is 8.02. The summed E-state index contributed by atoms with van der Waals surface area (Å²) in [7, 11) is 0. The molecule has 2 aromatic rings. The van der Waals surface area contributed by atoms with Crippen molar-refractivity contribution < 1.29 is 24.0 Å². The number of nitro groups is 1. The van der Waals surface area contributed by atoms with Crippen molar-refractivity contribution in [3.8, 4) is 5.75 Å². The van der Waals surface area contributed by atoms with Crippen molar-refractivity contribution in [3.05, 3.63) is 45.5 Å². The van der Waals surface area contributed by atoms with Crippen LogP contribution in [0.1, 0.15) is 17.4 Å². The number of anilines is 1. The van der Waals surface area contributed by atoms with Crippen LogP contribution in [0.25, 0.3) is 0 Å². The highest BCUT2D eigenvalue weighted by atomic mass is 32.1. The fourth-order valence-corrected chi connectivity index (χ4v) is 2.35. The first kappa shape index (κ1) is 17.3. The maximum atomic E-state index is 11.8. The summed E-state index contributed by atoms with van der Waals surface area (Å²) in [6.07, 6.45) is 0. The zero-order chi connectivity index (χ0) is 17.5. The number of benzene rings is 1. The Balaban J connectivity index is 1.92. The number of nitro benzene ring substituents is 1. The standard InChI is InChI=1S/C14H13N3O6S/c1-2-22-13(19)9-8-24-14(15-9)16-12(18)7-23-11-6-4-3-5-10(11)17(20)21/h3-6,8H,2,7H2,1H3,(H,15,16,18). The summed E-state index contributed by atoms with van der Waals surface area (Å²) >= 11 is 1.05. The van der Waals surface area contributed by atoms with E-state index in [1.54, 1.807) is 13.0 Å². The Labute approximate surface area is 140 Å². The largest absolute Gasteiger partial charge is 0.477 e. The van der Waals surface area contributed by atoms with E-state index in [0.717, 1.165) is 11.3 Å². The van der Waals surface area contributed by atoms with Crippen LogP contribution in [0, 0.1) is 10.1 Å². The Morgan fingerprint density at radius 2 is 2.12 bits per heavy atom. The molecule has 9 nitrogen and oxygen atoms in total. The number of ether oxygens (including phenoxy) is 2. The molecule has 0 radical (unpaired) electrons. The number of amides is 1. The molecule has 24 heavy (non-hydrogen) atoms. The van der Waals surface area contributed by atoms with Gasteiger partial charge in [0.2, 0.25) is 0 Å². The highest BCUT2D eigenvalue weighted by Gasteiger charge is 2.16. The molecule has 0 aliphatic heterocycles. The number of nitrogens with one attached hydrogen (secondary N) is 1. The Kier molecular flexibility index (Phi) is 5.79. The van der Waals surface area contributed by atoms with Crippen LogP contribution in [0.5, 0.6) is 5.75 Å². The van der Waals surface area contributed by atoms with Gasteiger partial charge in [0.05, 0.1) is 11.5 Å². The number of aromatic nitrogens is 1. The average molecular weight is 351 g/mol. The van der Waals surface area contributed by atoms with E-state index in [1.165, 1.54) is 23.6 Å². The van der Waals surface area contributed by atoms with Crippen LogP contribution in [0.3, 0.4) is 0 Å². The quantitative estimate of drug-likeness (QED) is 0.461. The number of rotatable bonds is 7. The Morgan fingerprint density at radius 3 is 2.83 bits per heavy atom. The van der Waals surface area contributed by atoms with Crippen molar-refractivity contribution in [3.63, 3.8) is 0 Å². The normalized spacial score (nSPS) is 10.0. The Hall–Kier alpha value is -3.01. The lowest BCUT2D eigenvalue weighted by atomic mass is 10.3. The molecule has 0 saturated carbocycles. The average Bonchev–Trinajstić information content (AvgIpc) is 3.02. The fourth-order valence-electron chi connectivity index (χ4n) is 1.66. The predicted octanol–water partition coefficient (Wildman–Crippen LogP) is 2.25. The molecular weight excluding hydrogens is 338 g/mol. The molecule has 0 aliphatic carbocycles. The van der Waals surface area contributed by atoms with Crippen molar-refractivity contribution >= 4 is 34.0 Å². The van der Waals surface area contributed by atoms with Crippen LogP contribution in [-0.2, 0) is 9.53 Å². The topological polar surface area (TPSA) is 121 Å². The molecule has 0 saturated heterocycles. The second-order valence-corrected chi connectivity index (χ2v) is 5.18. The monoisotopic (exact) mass is 351 g/mol. The maximum Gasteiger partial charge on any atom is 0.357 e. The molecule has 0 unspecified atom stereocenters. The van der Waals surface area contributed by atoms with E-state index in [0.29, 0.717) is 0 Å². The van der Waals surface area contributed by atoms with Gasteiger partial charge in [-0.05, 0) is 13.0 Å². The van der Waals surface area contributed by atoms with E-state index < -0.39 is 23.4 Å². The minimum Gasteiger partial charge on any atom is -0.477 e. The minimum atomic E-state index is -0.598. The molecular formula is C14H13N3O6S. The van der Waals surface area contributed by atoms with E-state index in [1.807, 2.05) is 0 Å². The lowest BCUT2D eigenvalue weighted by molar-refractivity contribution is -0.385. The van der Waals surface area contributed by atoms with E-state index in [9.17, 15) is 19.7 Å². The summed E-state index contributed by atoms with van der Waals surface area (Å²) < 4.78 is 9.95. The van der Waals surface area contributed by atoms with Crippen molar-refractivity contribution in [2.45, 2.75) is 6.92 Å². The Bertz CT molecular complexity index is 760. The van der Waals surface area contributed by atoms with Gasteiger partial charge in [-0.3, -0.25) is 20.2 Å². The number of hydrogen-bond donors (Lipinski definition) is 1. The zero-order valence-electron chi connectivity index (χ0n) is 12.6. The molecule has 126 valence electrons. The summed E-state index contributed by atoms with van der Waals surface area (Å²) in [4.78, 5) is 37.5. The molecule has 0 spiro atoms. The Morgan fingerprint density at radius 1 is 1.38 bits per heavy atom. The van der Waals surface area contributed by atoms with Crippen LogP contribution < -0.4 is 10.1 Å². The summed E-state index contributed by atoms with van der Waals surface area (Å²) in [5, 5.41) is 15.0. The van der Waals surface area contributed by atoms with Crippen LogP contribution in [0.4, 0.5) is 10.8 Å². The predicted molar refractivity (Wildman–Crippen MR) is 85.3 cm³/mol. The lowest BCUT2D eigenvalue weighted by Gasteiger charge is -2.06. The second-order valence-electron chi connectivity index (χ2n) is 4.32. The first-order chi connectivity index (χ1) is 11.5. The minimum absolute atomic E-state index is 0.0102. The molecule has 0 atom stereocenters. The van der Waals surface area contributed by atoms with Crippen LogP contribution in [0.2, 0.25) is 0 Å². The number of carbonyl (C=O) groups is 2. The van der Waals surface area contributed by atoms with E-state index in [4.69, 9.17) is 9.47 Å². The highest BCUT2D eigenvalue weighted by molar-refractivity contribution is 7.14. The summed E-state index contributed by atoms with van der Waals surface area (Å²) in [5.74, 6) is -1.15. The SMILES string of the molecule is CCOC(=O)c1csc(NC(=O)COc2ccccc2[N+](=O)[O-])n1. The van der Waals surface area contributed by atoms with Gasteiger partial charge >= 0.3 is 11.7 Å². The van der Waals surface area contributed by atoms with E-state index in [-0.39, 0.29) is 28.9 Å². The van der Waals surface area contributed by atoms with Gasteiger partial charge in [0.1, 0.15) is 0 Å². The van der Waals surface area contributed by atoms with Crippen LogP contribution >= 0.6 is 11.3 Å². The van der Waals surface area contributed by atoms with Crippen LogP contribution in [-0.4, -0.2) is 35.0 Å². The summed E-state index contributed by atoms with van der Waals surface area (Å²) in [6.45, 7) is 1.47. The van der Waals surface area contributed by atoms with Gasteiger partial charge < -0.3 is 9.47 Å². The highest BCUT2D eigenvalue weighted by Crippen LogP contribution is 2.25. The summed E-state index contributed by atoms with van der Waals surface area (Å²) in [5.41, 5.74) is -0.138. The number of carbonyl (C=O) groups excluding carboxylic acids is 2. The van der Waals surface area contributed by atoms with E-state index >= 15 is 0 Å². The fraction of sp³-hybridized carbons (Fsp3) is 0.214. The third kappa shape index (κ3) is 4.49. The third-order valence-electron chi connectivity index (χ3n) is 2.66. The van der Waals surface area contributed by atoms with Crippen molar-refractivity contribution in [1.29, 1.82) is 0 Å². The third-order valence-corrected chi connectivity index (χ3v) is 3.41. The number of thiazole rings is 1. The number of para-hydroxylation sites is 2. The number of hydrogen-bond acceptors (Lipinski definition) is 8. The zero-order valence-corrected chi connectivity index (χ0v) is 13.4. The van der Waals surface area contributed by atoms with Gasteiger partial charge in [-0.1, -0.05) is 12.1 Å². The van der Waals surface area contributed by atoms with Gasteiger partial charge in [0.15, 0.2) is 23.2 Å².